The number of nitrogens with one attached hydrogen (secondary N) is 1. The van der Waals surface area contributed by atoms with Gasteiger partial charge in [-0.25, -0.2) is 4.79 Å². The van der Waals surface area contributed by atoms with Crippen LogP contribution in [0.1, 0.15) is 18.9 Å². The number of carboxylic acid groups (broad SMARTS) is 1. The first-order chi connectivity index (χ1) is 7.63. The van der Waals surface area contributed by atoms with Gasteiger partial charge in [-0.1, -0.05) is 6.92 Å². The largest absolute Gasteiger partial charge is 0.465 e. The molecule has 1 aromatic heterocycles. The first-order valence-corrected chi connectivity index (χ1v) is 5.04. The van der Waals surface area contributed by atoms with Gasteiger partial charge in [-0.2, -0.15) is 0 Å². The lowest BCUT2D eigenvalue weighted by Crippen LogP contribution is -2.41. The molecule has 1 rings (SSSR count). The zero-order chi connectivity index (χ0) is 12.0. The molecule has 0 aliphatic rings. The molecular formula is C11H14N2O3. The fraction of sp³-hybridized carbons (Fsp3) is 0.364. The fourth-order valence-electron chi connectivity index (χ4n) is 1.40. The zero-order valence-electron chi connectivity index (χ0n) is 9.01. The number of nitrogens with zero attached hydrogens (tertiary/aromatic N) is 1. The first kappa shape index (κ1) is 12.2. The lowest BCUT2D eigenvalue weighted by molar-refractivity contribution is -0.120. The molecule has 5 nitrogen and oxygen atoms in total. The molecule has 0 radical (unpaired) electrons. The average Bonchev–Trinajstić information content (AvgIpc) is 2.28. The Morgan fingerprint density at radius 3 is 2.56 bits per heavy atom. The minimum atomic E-state index is -1.18. The average molecular weight is 222 g/mol. The molecule has 86 valence electrons. The number of amides is 1. The molecule has 2 N–H and O–H groups in total. The first-order valence-electron chi connectivity index (χ1n) is 5.04. The van der Waals surface area contributed by atoms with Crippen LogP contribution in [-0.2, 0) is 11.2 Å². The molecule has 0 saturated heterocycles. The highest BCUT2D eigenvalue weighted by Crippen LogP contribution is 2.04. The maximum Gasteiger partial charge on any atom is 0.405 e. The summed E-state index contributed by atoms with van der Waals surface area (Å²) in [6, 6.07) is 2.85. The zero-order valence-corrected chi connectivity index (χ0v) is 9.01. The lowest BCUT2D eigenvalue weighted by Gasteiger charge is -2.14. The van der Waals surface area contributed by atoms with Gasteiger partial charge in [-0.05, 0) is 24.1 Å². The monoisotopic (exact) mass is 222 g/mol. The van der Waals surface area contributed by atoms with Crippen LogP contribution < -0.4 is 5.32 Å². The second-order valence-corrected chi connectivity index (χ2v) is 3.38. The Labute approximate surface area is 93.5 Å². The smallest absolute Gasteiger partial charge is 0.405 e. The Hall–Kier alpha value is -1.91. The number of carbonyl (C=O) groups excluding carboxylic acids is 1. The van der Waals surface area contributed by atoms with Crippen molar-refractivity contribution in [2.45, 2.75) is 25.8 Å². The van der Waals surface area contributed by atoms with Crippen molar-refractivity contribution < 1.29 is 14.7 Å². The summed E-state index contributed by atoms with van der Waals surface area (Å²) >= 11 is 0. The van der Waals surface area contributed by atoms with E-state index in [2.05, 4.69) is 10.3 Å². The highest BCUT2D eigenvalue weighted by atomic mass is 16.4. The molecule has 0 spiro atoms. The Balaban J connectivity index is 2.70. The number of pyridine rings is 1. The van der Waals surface area contributed by atoms with Crippen molar-refractivity contribution in [3.8, 4) is 0 Å². The van der Waals surface area contributed by atoms with Crippen LogP contribution in [0.3, 0.4) is 0 Å². The van der Waals surface area contributed by atoms with E-state index in [0.717, 1.165) is 5.56 Å². The number of hydrogen-bond donors (Lipinski definition) is 2. The second kappa shape index (κ2) is 5.85. The van der Waals surface area contributed by atoms with Gasteiger partial charge in [0.1, 0.15) is 0 Å². The van der Waals surface area contributed by atoms with Gasteiger partial charge < -0.3 is 10.4 Å². The molecule has 0 saturated carbocycles. The number of ketones is 1. The van der Waals surface area contributed by atoms with Crippen LogP contribution >= 0.6 is 0 Å². The van der Waals surface area contributed by atoms with Crippen LogP contribution in [0.25, 0.3) is 0 Å². The number of aromatic nitrogens is 1. The summed E-state index contributed by atoms with van der Waals surface area (Å²) in [5.41, 5.74) is 0.885. The van der Waals surface area contributed by atoms with Crippen molar-refractivity contribution in [2.75, 3.05) is 0 Å². The molecule has 1 aromatic rings. The SMILES string of the molecule is CCC(=O)[C@@H](Cc1ccncc1)NC(=O)O. The van der Waals surface area contributed by atoms with E-state index >= 15 is 0 Å². The van der Waals surface area contributed by atoms with E-state index in [9.17, 15) is 9.59 Å². The van der Waals surface area contributed by atoms with E-state index in [-0.39, 0.29) is 5.78 Å². The van der Waals surface area contributed by atoms with Crippen molar-refractivity contribution >= 4 is 11.9 Å². The van der Waals surface area contributed by atoms with E-state index in [1.165, 1.54) is 0 Å². The molecule has 0 aliphatic heterocycles. The minimum Gasteiger partial charge on any atom is -0.465 e. The quantitative estimate of drug-likeness (QED) is 0.785. The van der Waals surface area contributed by atoms with Crippen molar-refractivity contribution in [2.24, 2.45) is 0 Å². The summed E-state index contributed by atoms with van der Waals surface area (Å²) < 4.78 is 0. The van der Waals surface area contributed by atoms with Crippen LogP contribution in [0.15, 0.2) is 24.5 Å². The lowest BCUT2D eigenvalue weighted by atomic mass is 10.0. The normalized spacial score (nSPS) is 11.8. The topological polar surface area (TPSA) is 79.3 Å². The van der Waals surface area contributed by atoms with Gasteiger partial charge in [0.05, 0.1) is 6.04 Å². The highest BCUT2D eigenvalue weighted by Gasteiger charge is 2.18. The summed E-state index contributed by atoms with van der Waals surface area (Å²) in [4.78, 5) is 25.9. The van der Waals surface area contributed by atoms with Gasteiger partial charge >= 0.3 is 6.09 Å². The molecule has 0 unspecified atom stereocenters. The van der Waals surface area contributed by atoms with E-state index in [0.29, 0.717) is 12.8 Å². The van der Waals surface area contributed by atoms with E-state index in [4.69, 9.17) is 5.11 Å². The number of rotatable bonds is 5. The molecule has 0 aliphatic carbocycles. The molecular weight excluding hydrogens is 208 g/mol. The molecule has 0 bridgehead atoms. The minimum absolute atomic E-state index is 0.112. The van der Waals surface area contributed by atoms with Crippen LogP contribution in [0.2, 0.25) is 0 Å². The van der Waals surface area contributed by atoms with E-state index in [1.807, 2.05) is 0 Å². The van der Waals surface area contributed by atoms with Gasteiger partial charge in [-0.15, -0.1) is 0 Å². The third kappa shape index (κ3) is 3.68. The predicted octanol–water partition coefficient (Wildman–Crippen LogP) is 1.24. The molecule has 1 amide bonds. The van der Waals surface area contributed by atoms with Crippen molar-refractivity contribution in [3.05, 3.63) is 30.1 Å². The second-order valence-electron chi connectivity index (χ2n) is 3.38. The molecule has 5 heteroatoms. The Kier molecular flexibility index (Phi) is 4.44. The van der Waals surface area contributed by atoms with Gasteiger partial charge in [0.2, 0.25) is 0 Å². The number of carbonyl (C=O) groups is 2. The van der Waals surface area contributed by atoms with Crippen molar-refractivity contribution in [1.29, 1.82) is 0 Å². The number of Topliss-reactive ketones (excluding diaryl/α,β-unsaturated/α-hetero) is 1. The Bertz CT molecular complexity index is 365. The Morgan fingerprint density at radius 1 is 1.44 bits per heavy atom. The predicted molar refractivity (Wildman–Crippen MR) is 58.2 cm³/mol. The van der Waals surface area contributed by atoms with E-state index < -0.39 is 12.1 Å². The Morgan fingerprint density at radius 2 is 2.06 bits per heavy atom. The van der Waals surface area contributed by atoms with Gasteiger partial charge in [-0.3, -0.25) is 9.78 Å². The molecule has 0 aromatic carbocycles. The summed E-state index contributed by atoms with van der Waals surface area (Å²) in [5.74, 6) is -0.112. The molecule has 16 heavy (non-hydrogen) atoms. The molecule has 0 fully saturated rings. The summed E-state index contributed by atoms with van der Waals surface area (Å²) in [5, 5.41) is 10.9. The molecule has 1 heterocycles. The maximum atomic E-state index is 11.5. The van der Waals surface area contributed by atoms with Crippen molar-refractivity contribution in [1.82, 2.24) is 10.3 Å². The summed E-state index contributed by atoms with van der Waals surface area (Å²) in [6.45, 7) is 1.71. The van der Waals surface area contributed by atoms with Gasteiger partial charge in [0.15, 0.2) is 5.78 Å². The van der Waals surface area contributed by atoms with E-state index in [1.54, 1.807) is 31.5 Å². The van der Waals surface area contributed by atoms with Crippen LogP contribution in [-0.4, -0.2) is 28.0 Å². The fourth-order valence-corrected chi connectivity index (χ4v) is 1.40. The third-order valence-electron chi connectivity index (χ3n) is 2.22. The highest BCUT2D eigenvalue weighted by molar-refractivity contribution is 5.87. The standard InChI is InChI=1S/C11H14N2O3/c1-2-10(14)9(13-11(15)16)7-8-3-5-12-6-4-8/h3-6,9,13H,2,7H2,1H3,(H,15,16)/t9-/m1/s1. The van der Waals surface area contributed by atoms with Crippen LogP contribution in [0.4, 0.5) is 4.79 Å². The summed E-state index contributed by atoms with van der Waals surface area (Å²) in [6.07, 6.45) is 2.73. The van der Waals surface area contributed by atoms with Crippen molar-refractivity contribution in [3.63, 3.8) is 0 Å². The maximum absolute atomic E-state index is 11.5. The number of hydrogen-bond acceptors (Lipinski definition) is 3. The molecule has 1 atom stereocenters. The summed E-state index contributed by atoms with van der Waals surface area (Å²) in [7, 11) is 0. The van der Waals surface area contributed by atoms with Gasteiger partial charge in [0.25, 0.3) is 0 Å². The van der Waals surface area contributed by atoms with Crippen LogP contribution in [0.5, 0.6) is 0 Å². The third-order valence-corrected chi connectivity index (χ3v) is 2.22. The van der Waals surface area contributed by atoms with Gasteiger partial charge in [0, 0.05) is 18.8 Å². The van der Waals surface area contributed by atoms with Crippen LogP contribution in [0, 0.1) is 0 Å².